The van der Waals surface area contributed by atoms with Gasteiger partial charge in [0, 0.05) is 5.41 Å². The Morgan fingerprint density at radius 3 is 1.23 bits per heavy atom. The second kappa shape index (κ2) is 42.5. The van der Waals surface area contributed by atoms with E-state index < -0.39 is 380 Å². The number of aliphatic hydroxyl groups excluding tert-OH is 28. The van der Waals surface area contributed by atoms with Gasteiger partial charge in [-0.3, -0.25) is 4.79 Å². The molecule has 5 aliphatic carbocycles. The Morgan fingerprint density at radius 2 is 0.745 bits per heavy atom. The van der Waals surface area contributed by atoms with Crippen molar-refractivity contribution in [1.29, 1.82) is 0 Å². The van der Waals surface area contributed by atoms with E-state index in [-0.39, 0.29) is 30.5 Å². The molecule has 0 amide bonds. The standard InChI is InChI=1S/C88H144O49/c1-29-44(95)68(133-74-57(108)47(98)34(93)24-118-74)63(114)80(124-29)136-71-48(99)35(94)25-119-81(71)130-43-13-14-84(6)41(85(43,7)28-92)12-15-87(9)42(84)11-10-32-33-20-83(4,5)16-18-88(33,19-17-86(32,87)8)82(117)137-77-60(111)54(105)51(102)40(129-77)27-121-73-62(113)56(107)67(38(23-91)127-73)132-79-65(116)70(46(97)31(3)123-79)135-76-59(110)53(104)50(101)39(128-76)26-120-72-61(112)55(106)66(37(22-90)126-72)131-78-64(115)69(45(96)30(2)122-78)134-75-58(109)52(103)49(100)36(21-89)125-75/h10,29-31,33-81,89-116H,11-28H2,1-9H3. The quantitative estimate of drug-likeness (QED) is 0.0217. The average molecular weight is 1990 g/mol. The lowest BCUT2D eigenvalue weighted by atomic mass is 9.33. The predicted molar refractivity (Wildman–Crippen MR) is 444 cm³/mol. The molecule has 57 atom stereocenters. The highest BCUT2D eigenvalue weighted by molar-refractivity contribution is 5.79. The largest absolute Gasteiger partial charge is 0.432 e. The van der Waals surface area contributed by atoms with E-state index in [1.54, 1.807) is 0 Å². The van der Waals surface area contributed by atoms with E-state index in [1.165, 1.54) is 20.8 Å². The first-order valence-electron chi connectivity index (χ1n) is 47.5. The molecule has 0 spiro atoms. The van der Waals surface area contributed by atoms with Crippen molar-refractivity contribution < 1.29 is 243 Å². The molecule has 790 valence electrons. The molecule has 0 radical (unpaired) electrons. The minimum atomic E-state index is -2.18. The number of allylic oxidation sites excluding steroid dienone is 2. The van der Waals surface area contributed by atoms with Crippen LogP contribution in [0.15, 0.2) is 11.6 Å². The molecule has 10 heterocycles. The lowest BCUT2D eigenvalue weighted by molar-refractivity contribution is -0.385. The number of carbonyl (C=O) groups excluding carboxylic acids is 1. The van der Waals surface area contributed by atoms with Gasteiger partial charge in [-0.25, -0.2) is 0 Å². The van der Waals surface area contributed by atoms with Gasteiger partial charge in [0.1, 0.15) is 214 Å². The molecule has 14 fully saturated rings. The molecule has 28 N–H and O–H groups in total. The summed E-state index contributed by atoms with van der Waals surface area (Å²) >= 11 is 0. The molecule has 10 aliphatic heterocycles. The Balaban J connectivity index is 0.555. The van der Waals surface area contributed by atoms with Crippen LogP contribution < -0.4 is 0 Å². The Hall–Kier alpha value is -2.67. The first-order chi connectivity index (χ1) is 64.5. The van der Waals surface area contributed by atoms with Gasteiger partial charge in [0.05, 0.1) is 82.7 Å². The van der Waals surface area contributed by atoms with Gasteiger partial charge in [0.2, 0.25) is 6.29 Å². The molecule has 0 bridgehead atoms. The van der Waals surface area contributed by atoms with E-state index in [4.69, 9.17) is 94.7 Å². The fourth-order valence-electron chi connectivity index (χ4n) is 24.5. The van der Waals surface area contributed by atoms with Crippen LogP contribution in [-0.2, 0) is 99.5 Å². The molecule has 0 aromatic rings. The highest BCUT2D eigenvalue weighted by Crippen LogP contribution is 2.76. The molecule has 15 aliphatic rings. The van der Waals surface area contributed by atoms with Gasteiger partial charge < -0.3 is 238 Å². The molecule has 0 aromatic carbocycles. The van der Waals surface area contributed by atoms with E-state index in [0.717, 1.165) is 5.57 Å². The SMILES string of the molecule is CC1OC(OC2C(OC3CCC4(C)C(CCC5(C)C4CC=C4C6CC(C)(C)CCC6(C(=O)OC6OC(COC7OC(CO)C(OC8OC(C)C(O)C(OC9OC(COC%10OC(CO)C(OC%11OC(C)C(O)C(OC%12OC(CO)C(O)C(O)C%12O)C%11O)C(O)C%10O)C(O)C(O)C9O)C8O)C(O)C7O)C(O)C(O)C6O)CCC45C)C3(C)CO)OCC(O)C2O)C(O)C(OC2OCC(O)C(O)C2O)C1O. The van der Waals surface area contributed by atoms with Crippen LogP contribution in [0.3, 0.4) is 0 Å². The maximum Gasteiger partial charge on any atom is 0.315 e. The highest BCUT2D eigenvalue weighted by atomic mass is 16.8. The number of fused-ring (bicyclic) bond motifs is 7. The Morgan fingerprint density at radius 1 is 0.350 bits per heavy atom. The van der Waals surface area contributed by atoms with Crippen molar-refractivity contribution in [2.45, 2.75) is 427 Å². The zero-order chi connectivity index (χ0) is 99.8. The zero-order valence-electron chi connectivity index (χ0n) is 77.4. The summed E-state index contributed by atoms with van der Waals surface area (Å²) in [5, 5.41) is 311. The van der Waals surface area contributed by atoms with Crippen LogP contribution in [0.5, 0.6) is 0 Å². The summed E-state index contributed by atoms with van der Waals surface area (Å²) in [5.41, 5.74) is -2.74. The molecule has 0 aromatic heterocycles. The van der Waals surface area contributed by atoms with Gasteiger partial charge in [-0.05, 0) is 124 Å². The van der Waals surface area contributed by atoms with Crippen molar-refractivity contribution in [2.75, 3.05) is 52.9 Å². The second-order valence-corrected chi connectivity index (χ2v) is 42.1. The predicted octanol–water partition coefficient (Wildman–Crippen LogP) is -11.8. The monoisotopic (exact) mass is 1980 g/mol. The number of hydrogen-bond donors (Lipinski definition) is 28. The number of esters is 1. The van der Waals surface area contributed by atoms with Gasteiger partial charge in [-0.2, -0.15) is 0 Å². The first kappa shape index (κ1) is 109. The van der Waals surface area contributed by atoms with Crippen LogP contribution in [-0.4, -0.2) is 503 Å². The summed E-state index contributed by atoms with van der Waals surface area (Å²) < 4.78 is 118. The van der Waals surface area contributed by atoms with Gasteiger partial charge in [-0.15, -0.1) is 0 Å². The van der Waals surface area contributed by atoms with Gasteiger partial charge in [0.25, 0.3) is 0 Å². The van der Waals surface area contributed by atoms with Gasteiger partial charge >= 0.3 is 5.97 Å². The van der Waals surface area contributed by atoms with E-state index >= 15 is 4.79 Å². The van der Waals surface area contributed by atoms with Crippen LogP contribution in [0.4, 0.5) is 0 Å². The van der Waals surface area contributed by atoms with E-state index in [0.29, 0.717) is 64.2 Å². The maximum atomic E-state index is 15.6. The molecular formula is C88H144O49. The summed E-state index contributed by atoms with van der Waals surface area (Å²) in [6, 6.07) is 0. The fraction of sp³-hybridized carbons (Fsp3) is 0.966. The van der Waals surface area contributed by atoms with Crippen LogP contribution >= 0.6 is 0 Å². The minimum absolute atomic E-state index is 0.00826. The van der Waals surface area contributed by atoms with E-state index in [2.05, 4.69) is 40.7 Å². The minimum Gasteiger partial charge on any atom is -0.432 e. The molecule has 10 saturated heterocycles. The molecule has 49 nitrogen and oxygen atoms in total. The molecule has 15 rings (SSSR count). The number of hydrogen-bond acceptors (Lipinski definition) is 49. The van der Waals surface area contributed by atoms with Crippen molar-refractivity contribution in [3.05, 3.63) is 11.6 Å². The van der Waals surface area contributed by atoms with Gasteiger partial charge in [-0.1, -0.05) is 53.2 Å². The Labute approximate surface area is 787 Å². The van der Waals surface area contributed by atoms with Crippen molar-refractivity contribution >= 4 is 5.97 Å². The summed E-state index contributed by atoms with van der Waals surface area (Å²) in [4.78, 5) is 15.6. The summed E-state index contributed by atoms with van der Waals surface area (Å²) in [7, 11) is 0. The van der Waals surface area contributed by atoms with Crippen LogP contribution in [0.2, 0.25) is 0 Å². The maximum absolute atomic E-state index is 15.6. The average Bonchev–Trinajstić information content (AvgIpc) is 0.671. The van der Waals surface area contributed by atoms with Crippen LogP contribution in [0.25, 0.3) is 0 Å². The van der Waals surface area contributed by atoms with Crippen molar-refractivity contribution in [2.24, 2.45) is 50.2 Å². The molecular weight excluding hydrogens is 1840 g/mol. The smallest absolute Gasteiger partial charge is 0.315 e. The molecule has 49 heteroatoms. The Kier molecular flexibility index (Phi) is 33.7. The summed E-state index contributed by atoms with van der Waals surface area (Å²) in [6.07, 6.45) is -79.6. The third kappa shape index (κ3) is 20.0. The van der Waals surface area contributed by atoms with Crippen LogP contribution in [0.1, 0.15) is 127 Å². The van der Waals surface area contributed by atoms with Crippen molar-refractivity contribution in [1.82, 2.24) is 0 Å². The van der Waals surface area contributed by atoms with Crippen molar-refractivity contribution in [3.8, 4) is 0 Å². The molecule has 137 heavy (non-hydrogen) atoms. The van der Waals surface area contributed by atoms with E-state index in [9.17, 15) is 143 Å². The lowest BCUT2D eigenvalue weighted by Crippen LogP contribution is -2.67. The number of rotatable bonds is 26. The van der Waals surface area contributed by atoms with Crippen molar-refractivity contribution in [3.63, 3.8) is 0 Å². The fourth-order valence-corrected chi connectivity index (χ4v) is 24.5. The lowest BCUT2D eigenvalue weighted by Gasteiger charge is -2.71. The molecule has 4 saturated carbocycles. The third-order valence-corrected chi connectivity index (χ3v) is 33.3. The highest BCUT2D eigenvalue weighted by Gasteiger charge is 2.72. The summed E-state index contributed by atoms with van der Waals surface area (Å²) in [5.74, 6) is -1.30. The normalized spacial score (nSPS) is 55.3. The number of aliphatic hydroxyl groups is 28. The molecule has 57 unspecified atom stereocenters. The van der Waals surface area contributed by atoms with Crippen LogP contribution in [0, 0.1) is 50.2 Å². The number of ether oxygens (including phenoxy) is 20. The number of carbonyl (C=O) groups is 1. The third-order valence-electron chi connectivity index (χ3n) is 33.3. The topological polar surface area (TPSA) is 768 Å². The first-order valence-corrected chi connectivity index (χ1v) is 47.5. The summed E-state index contributed by atoms with van der Waals surface area (Å²) in [6.45, 7) is 11.4. The Bertz CT molecular complexity index is 3980. The zero-order valence-corrected chi connectivity index (χ0v) is 77.4. The van der Waals surface area contributed by atoms with E-state index in [1.807, 2.05) is 6.92 Å². The second-order valence-electron chi connectivity index (χ2n) is 42.1. The van der Waals surface area contributed by atoms with Gasteiger partial charge in [0.15, 0.2) is 56.6 Å².